The minimum atomic E-state index is -0.416. The summed E-state index contributed by atoms with van der Waals surface area (Å²) in [5, 5.41) is 3.07. The zero-order valence-electron chi connectivity index (χ0n) is 15.8. The number of carbonyl (C=O) groups excluding carboxylic acids is 1. The van der Waals surface area contributed by atoms with E-state index in [0.717, 1.165) is 35.3 Å². The van der Waals surface area contributed by atoms with Crippen molar-refractivity contribution in [3.8, 4) is 0 Å². The lowest BCUT2D eigenvalue weighted by Crippen LogP contribution is -2.32. The van der Waals surface area contributed by atoms with Gasteiger partial charge in [0.15, 0.2) is 0 Å². The highest BCUT2D eigenvalue weighted by Crippen LogP contribution is 2.27. The molecule has 24 heavy (non-hydrogen) atoms. The van der Waals surface area contributed by atoms with Gasteiger partial charge in [-0.1, -0.05) is 25.7 Å². The molecule has 0 bridgehead atoms. The minimum absolute atomic E-state index is 0.0527. The van der Waals surface area contributed by atoms with Gasteiger partial charge in [0.05, 0.1) is 6.10 Å². The normalized spacial score (nSPS) is 17.2. The lowest BCUT2D eigenvalue weighted by atomic mass is 10.1. The van der Waals surface area contributed by atoms with Crippen LogP contribution in [0.25, 0.3) is 0 Å². The van der Waals surface area contributed by atoms with E-state index in [2.05, 4.69) is 22.3 Å². The van der Waals surface area contributed by atoms with Gasteiger partial charge in [0, 0.05) is 25.5 Å². The van der Waals surface area contributed by atoms with Crippen LogP contribution in [0.4, 0.5) is 11.4 Å². The first-order chi connectivity index (χ1) is 11.4. The minimum Gasteiger partial charge on any atom is -0.378 e. The number of ether oxygens (including phenoxy) is 1. The third kappa shape index (κ3) is 4.97. The molecule has 1 aromatic rings. The van der Waals surface area contributed by atoms with Crippen LogP contribution >= 0.6 is 0 Å². The second-order valence-electron chi connectivity index (χ2n) is 7.23. The molecule has 0 heterocycles. The molecule has 0 saturated heterocycles. The second kappa shape index (κ2) is 8.52. The van der Waals surface area contributed by atoms with Crippen LogP contribution in [0.5, 0.6) is 0 Å². The van der Waals surface area contributed by atoms with Crippen LogP contribution in [-0.2, 0) is 9.53 Å². The summed E-state index contributed by atoms with van der Waals surface area (Å²) in [6.07, 6.45) is 6.97. The maximum Gasteiger partial charge on any atom is 0.253 e. The highest BCUT2D eigenvalue weighted by Gasteiger charge is 2.21. The maximum absolute atomic E-state index is 12.5. The number of nitrogens with zero attached hydrogens (tertiary/aromatic N) is 1. The van der Waals surface area contributed by atoms with Crippen LogP contribution in [0.15, 0.2) is 12.1 Å². The van der Waals surface area contributed by atoms with Gasteiger partial charge in [0.1, 0.15) is 6.10 Å². The fraction of sp³-hybridized carbons (Fsp3) is 0.650. The summed E-state index contributed by atoms with van der Waals surface area (Å²) in [7, 11) is 4.05. The first kappa shape index (κ1) is 18.8. The van der Waals surface area contributed by atoms with Crippen molar-refractivity contribution < 1.29 is 9.53 Å². The molecule has 0 unspecified atom stereocenters. The monoisotopic (exact) mass is 332 g/mol. The van der Waals surface area contributed by atoms with Crippen molar-refractivity contribution in [2.75, 3.05) is 24.3 Å². The Balaban J connectivity index is 2.00. The number of carbonyl (C=O) groups is 1. The lowest BCUT2D eigenvalue weighted by Gasteiger charge is -2.22. The van der Waals surface area contributed by atoms with Crippen molar-refractivity contribution in [3.05, 3.63) is 23.3 Å². The van der Waals surface area contributed by atoms with E-state index in [9.17, 15) is 4.79 Å². The van der Waals surface area contributed by atoms with Crippen molar-refractivity contribution in [1.29, 1.82) is 0 Å². The van der Waals surface area contributed by atoms with E-state index in [1.165, 1.54) is 25.7 Å². The Hall–Kier alpha value is -1.55. The average Bonchev–Trinajstić information content (AvgIpc) is 2.78. The molecule has 0 spiro atoms. The van der Waals surface area contributed by atoms with E-state index in [-0.39, 0.29) is 12.0 Å². The Labute approximate surface area is 146 Å². The van der Waals surface area contributed by atoms with Gasteiger partial charge in [-0.05, 0) is 56.9 Å². The molecule has 1 aliphatic carbocycles. The summed E-state index contributed by atoms with van der Waals surface area (Å²) >= 11 is 0. The van der Waals surface area contributed by atoms with E-state index in [1.54, 1.807) is 0 Å². The van der Waals surface area contributed by atoms with Gasteiger partial charge in [-0.25, -0.2) is 0 Å². The number of aryl methyl sites for hydroxylation is 2. The summed E-state index contributed by atoms with van der Waals surface area (Å²) in [4.78, 5) is 14.6. The van der Waals surface area contributed by atoms with E-state index in [4.69, 9.17) is 4.74 Å². The Morgan fingerprint density at radius 1 is 1.12 bits per heavy atom. The van der Waals surface area contributed by atoms with Crippen molar-refractivity contribution in [2.24, 2.45) is 0 Å². The predicted octanol–water partition coefficient (Wildman–Crippen LogP) is 4.44. The number of hydrogen-bond donors (Lipinski definition) is 1. The molecule has 1 saturated carbocycles. The lowest BCUT2D eigenvalue weighted by molar-refractivity contribution is -0.130. The number of rotatable bonds is 5. The fourth-order valence-corrected chi connectivity index (χ4v) is 3.35. The molecule has 0 aromatic heterocycles. The van der Waals surface area contributed by atoms with Gasteiger partial charge in [0.25, 0.3) is 5.91 Å². The topological polar surface area (TPSA) is 41.6 Å². The first-order valence-electron chi connectivity index (χ1n) is 9.13. The van der Waals surface area contributed by atoms with Crippen LogP contribution < -0.4 is 10.2 Å². The second-order valence-corrected chi connectivity index (χ2v) is 7.23. The summed E-state index contributed by atoms with van der Waals surface area (Å²) in [6.45, 7) is 5.93. The average molecular weight is 332 g/mol. The number of benzene rings is 1. The zero-order valence-corrected chi connectivity index (χ0v) is 15.8. The van der Waals surface area contributed by atoms with Crippen molar-refractivity contribution in [2.45, 2.75) is 71.5 Å². The third-order valence-corrected chi connectivity index (χ3v) is 4.85. The molecule has 4 heteroatoms. The number of amides is 1. The summed E-state index contributed by atoms with van der Waals surface area (Å²) < 4.78 is 6.03. The maximum atomic E-state index is 12.5. The van der Waals surface area contributed by atoms with Crippen LogP contribution in [0.1, 0.15) is 56.6 Å². The zero-order chi connectivity index (χ0) is 17.7. The largest absolute Gasteiger partial charge is 0.378 e. The van der Waals surface area contributed by atoms with Gasteiger partial charge < -0.3 is 15.0 Å². The standard InChI is InChI=1S/C20H32N2O2/c1-14-12-17(22(4)5)13-15(2)19(14)21-20(23)16(3)24-18-10-8-6-7-9-11-18/h12-13,16,18H,6-11H2,1-5H3,(H,21,23)/t16-/m0/s1. The van der Waals surface area contributed by atoms with Gasteiger partial charge in [-0.3, -0.25) is 4.79 Å². The molecule has 134 valence electrons. The molecule has 1 N–H and O–H groups in total. The van der Waals surface area contributed by atoms with Gasteiger partial charge in [-0.15, -0.1) is 0 Å². The van der Waals surface area contributed by atoms with Crippen LogP contribution in [-0.4, -0.2) is 32.2 Å². The molecule has 1 atom stereocenters. The van der Waals surface area contributed by atoms with Gasteiger partial charge in [-0.2, -0.15) is 0 Å². The van der Waals surface area contributed by atoms with Crippen LogP contribution in [0.2, 0.25) is 0 Å². The predicted molar refractivity (Wildman–Crippen MR) is 101 cm³/mol. The smallest absolute Gasteiger partial charge is 0.253 e. The van der Waals surface area contributed by atoms with Gasteiger partial charge in [0.2, 0.25) is 0 Å². The molecule has 1 amide bonds. The highest BCUT2D eigenvalue weighted by molar-refractivity contribution is 5.95. The van der Waals surface area contributed by atoms with Crippen molar-refractivity contribution in [1.82, 2.24) is 0 Å². The third-order valence-electron chi connectivity index (χ3n) is 4.85. The van der Waals surface area contributed by atoms with Crippen molar-refractivity contribution in [3.63, 3.8) is 0 Å². The van der Waals surface area contributed by atoms with E-state index in [0.29, 0.717) is 0 Å². The molecule has 1 aliphatic rings. The van der Waals surface area contributed by atoms with Crippen LogP contribution in [0, 0.1) is 13.8 Å². The van der Waals surface area contributed by atoms with E-state index in [1.807, 2.05) is 34.9 Å². The molecular formula is C20H32N2O2. The molecule has 2 rings (SSSR count). The number of hydrogen-bond acceptors (Lipinski definition) is 3. The van der Waals surface area contributed by atoms with Crippen LogP contribution in [0.3, 0.4) is 0 Å². The Morgan fingerprint density at radius 3 is 2.17 bits per heavy atom. The fourth-order valence-electron chi connectivity index (χ4n) is 3.35. The molecule has 1 aromatic carbocycles. The summed E-state index contributed by atoms with van der Waals surface area (Å²) in [5.74, 6) is -0.0527. The molecule has 0 radical (unpaired) electrons. The molecule has 4 nitrogen and oxygen atoms in total. The Kier molecular flexibility index (Phi) is 6.67. The number of anilines is 2. The molecule has 0 aliphatic heterocycles. The molecule has 1 fully saturated rings. The summed E-state index contributed by atoms with van der Waals surface area (Å²) in [6, 6.07) is 4.19. The Morgan fingerprint density at radius 2 is 1.67 bits per heavy atom. The van der Waals surface area contributed by atoms with Crippen molar-refractivity contribution >= 4 is 17.3 Å². The van der Waals surface area contributed by atoms with Gasteiger partial charge >= 0.3 is 0 Å². The number of nitrogens with one attached hydrogen (secondary N) is 1. The SMILES string of the molecule is Cc1cc(N(C)C)cc(C)c1NC(=O)[C@H](C)OC1CCCCCC1. The van der Waals surface area contributed by atoms with E-state index < -0.39 is 6.10 Å². The summed E-state index contributed by atoms with van der Waals surface area (Å²) in [5.41, 5.74) is 4.20. The first-order valence-corrected chi connectivity index (χ1v) is 9.13. The van der Waals surface area contributed by atoms with E-state index >= 15 is 0 Å². The Bertz CT molecular complexity index is 538. The highest BCUT2D eigenvalue weighted by atomic mass is 16.5. The quantitative estimate of drug-likeness (QED) is 0.811. The molecular weight excluding hydrogens is 300 g/mol.